The van der Waals surface area contributed by atoms with Crippen LogP contribution in [-0.4, -0.2) is 144 Å². The van der Waals surface area contributed by atoms with Gasteiger partial charge < -0.3 is 34.3 Å². The van der Waals surface area contributed by atoms with Crippen molar-refractivity contribution in [1.29, 1.82) is 0 Å². The molecule has 0 aliphatic carbocycles. The molecule has 3 aliphatic rings. The molecule has 2 fully saturated rings. The number of phenols is 1. The Labute approximate surface area is 418 Å². The predicted molar refractivity (Wildman–Crippen MR) is 272 cm³/mol. The molecule has 4 aromatic rings. The van der Waals surface area contributed by atoms with Gasteiger partial charge >= 0.3 is 5.97 Å². The van der Waals surface area contributed by atoms with Crippen LogP contribution in [0.3, 0.4) is 0 Å². The van der Waals surface area contributed by atoms with Crippen LogP contribution in [0, 0.1) is 35.0 Å². The number of carbonyl (C=O) groups is 5. The summed E-state index contributed by atoms with van der Waals surface area (Å²) in [4.78, 5) is 79.3. The van der Waals surface area contributed by atoms with Crippen molar-refractivity contribution in [2.24, 2.45) is 23.2 Å². The van der Waals surface area contributed by atoms with Crippen molar-refractivity contribution in [3.05, 3.63) is 71.5 Å². The number of pyridine rings is 1. The van der Waals surface area contributed by atoms with Crippen LogP contribution in [0.25, 0.3) is 33.3 Å². The molecule has 71 heavy (non-hydrogen) atoms. The van der Waals surface area contributed by atoms with Gasteiger partial charge in [-0.05, 0) is 130 Å². The SMILES string of the molecule is CCn1c(-c2cnccc2[C@H](C)OC)c2c3cc(ccc31)-c1cc(O)cc(c1)CC(CNC(=O)[C@H](C(C)C)N(C)C(=O)[C@H]1CCN(C(=O)C#CCN(C)C)C1)C(=O)N1CCC[C@H](N1)C(=O)OCC(C)(C)C2. The molecule has 5 atom stereocenters. The number of methoxy groups -OCH3 is 1. The number of hydrogen-bond acceptors (Lipinski definition) is 11. The first-order valence-corrected chi connectivity index (χ1v) is 25.0. The molecule has 0 spiro atoms. The summed E-state index contributed by atoms with van der Waals surface area (Å²) in [5, 5.41) is 16.9. The van der Waals surface area contributed by atoms with E-state index in [1.54, 1.807) is 37.4 Å². The zero-order valence-electron chi connectivity index (χ0n) is 43.1. The van der Waals surface area contributed by atoms with E-state index in [9.17, 15) is 29.1 Å². The van der Waals surface area contributed by atoms with Crippen molar-refractivity contribution in [3.8, 4) is 40.0 Å². The average Bonchev–Trinajstić information content (AvgIpc) is 3.96. The molecule has 0 saturated carbocycles. The van der Waals surface area contributed by atoms with Crippen molar-refractivity contribution in [2.75, 3.05) is 67.6 Å². The molecule has 2 saturated heterocycles. The minimum Gasteiger partial charge on any atom is -0.508 e. The van der Waals surface area contributed by atoms with Crippen molar-refractivity contribution in [2.45, 2.75) is 98.4 Å². The number of phenolic OH excluding ortho intramolecular Hbond substituents is 1. The van der Waals surface area contributed by atoms with Gasteiger partial charge in [-0.2, -0.15) is 0 Å². The molecular formula is C55H72N8O8. The van der Waals surface area contributed by atoms with Crippen LogP contribution >= 0.6 is 0 Å². The van der Waals surface area contributed by atoms with Crippen LogP contribution in [0.15, 0.2) is 54.9 Å². The lowest BCUT2D eigenvalue weighted by atomic mass is 9.84. The van der Waals surface area contributed by atoms with Gasteiger partial charge in [0.05, 0.1) is 36.8 Å². The third-order valence-electron chi connectivity index (χ3n) is 14.1. The van der Waals surface area contributed by atoms with Gasteiger partial charge in [0.1, 0.15) is 17.8 Å². The number of rotatable bonds is 11. The van der Waals surface area contributed by atoms with E-state index in [0.717, 1.165) is 44.4 Å². The maximum absolute atomic E-state index is 14.7. The number of benzene rings is 2. The number of aryl methyl sites for hydroxylation is 1. The van der Waals surface area contributed by atoms with Crippen LogP contribution < -0.4 is 10.7 Å². The lowest BCUT2D eigenvalue weighted by molar-refractivity contribution is -0.155. The third-order valence-corrected chi connectivity index (χ3v) is 14.1. The number of likely N-dealkylation sites (tertiary alicyclic amines) is 1. The number of nitrogens with zero attached hydrogens (tertiary/aromatic N) is 6. The fraction of sp³-hybridized carbons (Fsp3) is 0.527. The Morgan fingerprint density at radius 2 is 1.82 bits per heavy atom. The molecule has 5 heterocycles. The summed E-state index contributed by atoms with van der Waals surface area (Å²) in [7, 11) is 7.04. The van der Waals surface area contributed by atoms with E-state index in [2.05, 4.69) is 65.0 Å². The van der Waals surface area contributed by atoms with E-state index < -0.39 is 41.2 Å². The van der Waals surface area contributed by atoms with E-state index in [0.29, 0.717) is 57.4 Å². The maximum atomic E-state index is 14.7. The van der Waals surface area contributed by atoms with E-state index in [1.165, 1.54) is 9.91 Å². The lowest BCUT2D eigenvalue weighted by Gasteiger charge is -2.36. The largest absolute Gasteiger partial charge is 0.508 e. The molecule has 7 rings (SSSR count). The van der Waals surface area contributed by atoms with Crippen molar-refractivity contribution in [1.82, 2.24) is 40.0 Å². The van der Waals surface area contributed by atoms with Gasteiger partial charge in [0.2, 0.25) is 17.7 Å². The lowest BCUT2D eigenvalue weighted by Crippen LogP contribution is -2.58. The number of nitrogens with one attached hydrogen (secondary N) is 2. The highest BCUT2D eigenvalue weighted by atomic mass is 16.5. The van der Waals surface area contributed by atoms with E-state index in [1.807, 2.05) is 64.2 Å². The molecule has 16 heteroatoms. The molecule has 1 unspecified atom stereocenters. The number of cyclic esters (lactones) is 1. The van der Waals surface area contributed by atoms with Crippen LogP contribution in [0.4, 0.5) is 0 Å². The smallest absolute Gasteiger partial charge is 0.324 e. The molecule has 2 aromatic heterocycles. The fourth-order valence-electron chi connectivity index (χ4n) is 10.4. The first-order valence-electron chi connectivity index (χ1n) is 25.0. The van der Waals surface area contributed by atoms with Gasteiger partial charge in [-0.1, -0.05) is 45.7 Å². The molecule has 6 bridgehead atoms. The number of hydrogen-bond donors (Lipinski definition) is 3. The highest BCUT2D eigenvalue weighted by molar-refractivity contribution is 5.96. The van der Waals surface area contributed by atoms with Gasteiger partial charge in [0.25, 0.3) is 5.91 Å². The van der Waals surface area contributed by atoms with Crippen molar-refractivity contribution < 1.29 is 38.6 Å². The van der Waals surface area contributed by atoms with Crippen LogP contribution in [0.1, 0.15) is 83.6 Å². The molecule has 0 radical (unpaired) electrons. The molecule has 3 aliphatic heterocycles. The van der Waals surface area contributed by atoms with Crippen LogP contribution in [0.2, 0.25) is 0 Å². The van der Waals surface area contributed by atoms with Gasteiger partial charge in [0, 0.05) is 81.2 Å². The maximum Gasteiger partial charge on any atom is 0.324 e. The second kappa shape index (κ2) is 22.4. The molecule has 4 amide bonds. The fourth-order valence-corrected chi connectivity index (χ4v) is 10.4. The summed E-state index contributed by atoms with van der Waals surface area (Å²) < 4.78 is 14.3. The number of aromatic nitrogens is 2. The summed E-state index contributed by atoms with van der Waals surface area (Å²) >= 11 is 0. The topological polar surface area (TPSA) is 179 Å². The Morgan fingerprint density at radius 3 is 2.54 bits per heavy atom. The monoisotopic (exact) mass is 973 g/mol. The van der Waals surface area contributed by atoms with Crippen LogP contribution in [0.5, 0.6) is 5.75 Å². The second-order valence-electron chi connectivity index (χ2n) is 20.9. The minimum atomic E-state index is -0.874. The number of carbonyl (C=O) groups excluding carboxylic acids is 5. The molecule has 16 nitrogen and oxygen atoms in total. The molecule has 3 N–H and O–H groups in total. The third kappa shape index (κ3) is 11.9. The summed E-state index contributed by atoms with van der Waals surface area (Å²) in [6.07, 6.45) is 5.61. The summed E-state index contributed by atoms with van der Waals surface area (Å²) in [5.41, 5.74) is 9.96. The molecule has 2 aromatic carbocycles. The van der Waals surface area contributed by atoms with Crippen molar-refractivity contribution in [3.63, 3.8) is 0 Å². The zero-order chi connectivity index (χ0) is 51.3. The Balaban J connectivity index is 1.22. The van der Waals surface area contributed by atoms with E-state index in [-0.39, 0.29) is 61.6 Å². The summed E-state index contributed by atoms with van der Waals surface area (Å²) in [6.45, 7) is 14.1. The van der Waals surface area contributed by atoms with E-state index >= 15 is 0 Å². The number of ether oxygens (including phenoxy) is 2. The normalized spacial score (nSPS) is 20.3. The standard InChI is InChI=1S/C55H72N8O8/c1-11-62-47-17-16-37-28-43(47)44(50(62)45-31-56-20-18-42(45)35(4)70-10)29-55(5,6)33-71-54(69)46-14-12-22-63(58-46)53(68)40(25-36-24-39(37)27-41(64)26-36)30-57-51(66)49(34(2)3)60(9)52(67)38-19-23-61(32-38)48(65)15-13-21-59(7)8/h16-18,20,24,26-28,31,34-35,38,40,46,49,58,64H,11-12,14,19,21-23,25,29-30,32-33H2,1-10H3,(H,57,66)/t35-,38-,40?,46-,49-/m0/s1. The number of likely N-dealkylation sites (N-methyl/N-ethyl adjacent to an activating group) is 1. The van der Waals surface area contributed by atoms with Gasteiger partial charge in [-0.25, -0.2) is 5.43 Å². The molecule has 380 valence electrons. The highest BCUT2D eigenvalue weighted by Crippen LogP contribution is 2.42. The number of esters is 1. The Morgan fingerprint density at radius 1 is 1.04 bits per heavy atom. The van der Waals surface area contributed by atoms with Crippen molar-refractivity contribution >= 4 is 40.5 Å². The zero-order valence-corrected chi connectivity index (χ0v) is 43.1. The number of hydrazine groups is 1. The Hall–Kier alpha value is -6.28. The molecular weight excluding hydrogens is 901 g/mol. The number of fused-ring (bicyclic) bond motifs is 6. The predicted octanol–water partition coefficient (Wildman–Crippen LogP) is 5.60. The Kier molecular flexibility index (Phi) is 16.6. The van der Waals surface area contributed by atoms with Gasteiger partial charge in [-0.3, -0.25) is 38.9 Å². The number of amides is 4. The van der Waals surface area contributed by atoms with E-state index in [4.69, 9.17) is 9.47 Å². The highest BCUT2D eigenvalue weighted by Gasteiger charge is 2.39. The minimum absolute atomic E-state index is 0.0238. The summed E-state index contributed by atoms with van der Waals surface area (Å²) in [5.74, 6) is 2.14. The Bertz CT molecular complexity index is 2700. The quantitative estimate of drug-likeness (QED) is 0.126. The second-order valence-corrected chi connectivity index (χ2v) is 20.9. The number of aromatic hydroxyl groups is 1. The van der Waals surface area contributed by atoms with Gasteiger partial charge in [-0.15, -0.1) is 0 Å². The van der Waals surface area contributed by atoms with Crippen LogP contribution in [-0.2, 0) is 52.8 Å². The first-order chi connectivity index (χ1) is 33.8. The average molecular weight is 973 g/mol. The summed E-state index contributed by atoms with van der Waals surface area (Å²) in [6, 6.07) is 12.0. The van der Waals surface area contributed by atoms with Gasteiger partial charge in [0.15, 0.2) is 0 Å². The first kappa shape index (κ1) is 52.5.